The van der Waals surface area contributed by atoms with Gasteiger partial charge in [0.2, 0.25) is 5.91 Å². The van der Waals surface area contributed by atoms with E-state index in [1.54, 1.807) is 11.3 Å². The highest BCUT2D eigenvalue weighted by Gasteiger charge is 2.25. The van der Waals surface area contributed by atoms with E-state index in [0.717, 1.165) is 64.8 Å². The number of hydrogen-bond donors (Lipinski definition) is 2. The van der Waals surface area contributed by atoms with Crippen molar-refractivity contribution in [1.29, 1.82) is 0 Å². The maximum atomic E-state index is 13.3. The van der Waals surface area contributed by atoms with Crippen LogP contribution in [0.4, 0.5) is 5.13 Å². The summed E-state index contributed by atoms with van der Waals surface area (Å²) < 4.78 is 2.22. The molecule has 0 fully saturated rings. The fourth-order valence-corrected chi connectivity index (χ4v) is 5.82. The number of rotatable bonds is 6. The smallest absolute Gasteiger partial charge is 0.277 e. The standard InChI is InChI=1S/C25H25N5O2S2/c1-16(31)26-14-18-11-12-21(34-18)19-15-33-25(27-19)29-24(32)22-20-10-6-3-7-13-30(20)23(28-22)17-8-4-2-5-9-17/h2,4-5,8-9,11-12,15H,3,6-7,10,13-14H2,1H3,(H,26,31)(H,27,29,32). The van der Waals surface area contributed by atoms with Crippen LogP contribution in [-0.2, 0) is 24.3 Å². The molecular weight excluding hydrogens is 466 g/mol. The van der Waals surface area contributed by atoms with Crippen molar-refractivity contribution in [1.82, 2.24) is 19.9 Å². The Balaban J connectivity index is 1.37. The van der Waals surface area contributed by atoms with Gasteiger partial charge in [-0.25, -0.2) is 9.97 Å². The molecule has 0 unspecified atom stereocenters. The van der Waals surface area contributed by atoms with E-state index in [9.17, 15) is 9.59 Å². The second-order valence-corrected chi connectivity index (χ2v) is 10.3. The molecule has 0 aliphatic carbocycles. The van der Waals surface area contributed by atoms with Crippen LogP contribution >= 0.6 is 22.7 Å². The summed E-state index contributed by atoms with van der Waals surface area (Å²) in [5, 5.41) is 8.26. The first-order valence-electron chi connectivity index (χ1n) is 11.3. The van der Waals surface area contributed by atoms with Gasteiger partial charge in [-0.1, -0.05) is 36.8 Å². The van der Waals surface area contributed by atoms with Gasteiger partial charge in [-0.2, -0.15) is 0 Å². The van der Waals surface area contributed by atoms with Crippen LogP contribution in [0, 0.1) is 0 Å². The minimum atomic E-state index is -0.216. The number of nitrogens with one attached hydrogen (secondary N) is 2. The van der Waals surface area contributed by atoms with Crippen molar-refractivity contribution >= 4 is 39.6 Å². The molecule has 0 saturated heterocycles. The number of carbonyl (C=O) groups is 2. The van der Waals surface area contributed by atoms with Gasteiger partial charge < -0.3 is 9.88 Å². The molecule has 4 heterocycles. The van der Waals surface area contributed by atoms with Crippen LogP contribution in [0.1, 0.15) is 47.2 Å². The van der Waals surface area contributed by atoms with Gasteiger partial charge in [0.15, 0.2) is 5.13 Å². The van der Waals surface area contributed by atoms with E-state index in [1.165, 1.54) is 18.3 Å². The zero-order valence-electron chi connectivity index (χ0n) is 18.8. The first kappa shape index (κ1) is 22.5. The summed E-state index contributed by atoms with van der Waals surface area (Å²) in [5.41, 5.74) is 3.33. The number of fused-ring (bicyclic) bond motifs is 1. The van der Waals surface area contributed by atoms with E-state index in [1.807, 2.05) is 47.8 Å². The molecule has 0 spiro atoms. The van der Waals surface area contributed by atoms with Crippen molar-refractivity contribution in [3.8, 4) is 22.0 Å². The summed E-state index contributed by atoms with van der Waals surface area (Å²) in [6.07, 6.45) is 4.14. The fraction of sp³-hybridized carbons (Fsp3) is 0.280. The Kier molecular flexibility index (Phi) is 6.55. The zero-order valence-corrected chi connectivity index (χ0v) is 20.5. The average Bonchev–Trinajstić information content (AvgIpc) is 3.54. The molecule has 5 rings (SSSR count). The molecule has 1 aliphatic heterocycles. The maximum absolute atomic E-state index is 13.3. The summed E-state index contributed by atoms with van der Waals surface area (Å²) in [4.78, 5) is 35.9. The van der Waals surface area contributed by atoms with Gasteiger partial charge in [-0.3, -0.25) is 14.9 Å². The lowest BCUT2D eigenvalue weighted by molar-refractivity contribution is -0.119. The molecule has 0 atom stereocenters. The molecule has 0 bridgehead atoms. The van der Waals surface area contributed by atoms with E-state index in [2.05, 4.69) is 20.2 Å². The third-order valence-electron chi connectivity index (χ3n) is 5.77. The molecule has 7 nitrogen and oxygen atoms in total. The molecule has 0 saturated carbocycles. The van der Waals surface area contributed by atoms with Crippen LogP contribution in [0.25, 0.3) is 22.0 Å². The van der Waals surface area contributed by atoms with E-state index < -0.39 is 0 Å². The summed E-state index contributed by atoms with van der Waals surface area (Å²) in [6, 6.07) is 14.0. The van der Waals surface area contributed by atoms with Crippen molar-refractivity contribution in [2.45, 2.75) is 45.7 Å². The van der Waals surface area contributed by atoms with E-state index in [4.69, 9.17) is 4.98 Å². The van der Waals surface area contributed by atoms with Gasteiger partial charge >= 0.3 is 0 Å². The molecule has 4 aromatic rings. The normalized spacial score (nSPS) is 13.2. The highest BCUT2D eigenvalue weighted by molar-refractivity contribution is 7.17. The number of carbonyl (C=O) groups excluding carboxylic acids is 2. The molecule has 2 N–H and O–H groups in total. The van der Waals surface area contributed by atoms with Gasteiger partial charge in [-0.15, -0.1) is 22.7 Å². The van der Waals surface area contributed by atoms with E-state index in [-0.39, 0.29) is 11.8 Å². The first-order chi connectivity index (χ1) is 16.6. The second-order valence-electron chi connectivity index (χ2n) is 8.23. The maximum Gasteiger partial charge on any atom is 0.277 e. The number of thiazole rings is 1. The van der Waals surface area contributed by atoms with Crippen molar-refractivity contribution in [2.75, 3.05) is 5.32 Å². The number of aromatic nitrogens is 3. The largest absolute Gasteiger partial charge is 0.351 e. The molecule has 1 aliphatic rings. The van der Waals surface area contributed by atoms with Gasteiger partial charge in [0.05, 0.1) is 22.8 Å². The van der Waals surface area contributed by atoms with Gasteiger partial charge in [0, 0.05) is 29.3 Å². The molecule has 174 valence electrons. The van der Waals surface area contributed by atoms with Crippen LogP contribution in [0.5, 0.6) is 0 Å². The monoisotopic (exact) mass is 491 g/mol. The third kappa shape index (κ3) is 4.80. The number of imidazole rings is 1. The average molecular weight is 492 g/mol. The van der Waals surface area contributed by atoms with Crippen molar-refractivity contribution in [3.63, 3.8) is 0 Å². The van der Waals surface area contributed by atoms with Crippen molar-refractivity contribution in [2.24, 2.45) is 0 Å². The molecule has 9 heteroatoms. The Morgan fingerprint density at radius 2 is 1.91 bits per heavy atom. The summed E-state index contributed by atoms with van der Waals surface area (Å²) in [6.45, 7) is 2.88. The minimum Gasteiger partial charge on any atom is -0.351 e. The van der Waals surface area contributed by atoms with Crippen LogP contribution < -0.4 is 10.6 Å². The fourth-order valence-electron chi connectivity index (χ4n) is 4.13. The van der Waals surface area contributed by atoms with Crippen LogP contribution in [0.15, 0.2) is 47.8 Å². The van der Waals surface area contributed by atoms with Crippen LogP contribution in [0.2, 0.25) is 0 Å². The molecular formula is C25H25N5O2S2. The number of anilines is 1. The highest BCUT2D eigenvalue weighted by atomic mass is 32.1. The minimum absolute atomic E-state index is 0.0544. The Morgan fingerprint density at radius 1 is 1.06 bits per heavy atom. The highest BCUT2D eigenvalue weighted by Crippen LogP contribution is 2.32. The SMILES string of the molecule is CC(=O)NCc1ccc(-c2csc(NC(=O)c3nc(-c4ccccc4)n4c3CCCCC4)n2)s1. The van der Waals surface area contributed by atoms with Crippen molar-refractivity contribution in [3.05, 3.63) is 64.1 Å². The Morgan fingerprint density at radius 3 is 2.74 bits per heavy atom. The lowest BCUT2D eigenvalue weighted by Gasteiger charge is -2.08. The number of benzene rings is 1. The van der Waals surface area contributed by atoms with Gasteiger partial charge in [0.25, 0.3) is 5.91 Å². The zero-order chi connectivity index (χ0) is 23.5. The molecule has 0 radical (unpaired) electrons. The predicted molar refractivity (Wildman–Crippen MR) is 136 cm³/mol. The lowest BCUT2D eigenvalue weighted by Crippen LogP contribution is -2.17. The second kappa shape index (κ2) is 9.90. The summed E-state index contributed by atoms with van der Waals surface area (Å²) >= 11 is 2.98. The number of thiophene rings is 1. The summed E-state index contributed by atoms with van der Waals surface area (Å²) in [5.74, 6) is 0.584. The third-order valence-corrected chi connectivity index (χ3v) is 7.63. The number of hydrogen-bond acceptors (Lipinski definition) is 6. The van der Waals surface area contributed by atoms with Gasteiger partial charge in [0.1, 0.15) is 11.5 Å². The lowest BCUT2D eigenvalue weighted by atomic mass is 10.1. The van der Waals surface area contributed by atoms with Crippen molar-refractivity contribution < 1.29 is 9.59 Å². The van der Waals surface area contributed by atoms with E-state index >= 15 is 0 Å². The topological polar surface area (TPSA) is 88.9 Å². The van der Waals surface area contributed by atoms with Crippen LogP contribution in [-0.4, -0.2) is 26.3 Å². The summed E-state index contributed by atoms with van der Waals surface area (Å²) in [7, 11) is 0. The Bertz CT molecular complexity index is 1320. The molecule has 1 aromatic carbocycles. The molecule has 34 heavy (non-hydrogen) atoms. The quantitative estimate of drug-likeness (QED) is 0.381. The van der Waals surface area contributed by atoms with E-state index in [0.29, 0.717) is 17.4 Å². The van der Waals surface area contributed by atoms with Crippen LogP contribution in [0.3, 0.4) is 0 Å². The Labute approximate surface area is 205 Å². The first-order valence-corrected chi connectivity index (χ1v) is 13.0. The Hall–Kier alpha value is -3.30. The number of amides is 2. The number of nitrogens with zero attached hydrogens (tertiary/aromatic N) is 3. The van der Waals surface area contributed by atoms with Gasteiger partial charge in [-0.05, 0) is 31.4 Å². The predicted octanol–water partition coefficient (Wildman–Crippen LogP) is 5.35. The molecule has 2 amide bonds. The molecule has 3 aromatic heterocycles.